The molecule has 1 aromatic rings. The molecule has 0 saturated heterocycles. The summed E-state index contributed by atoms with van der Waals surface area (Å²) in [7, 11) is 1.48. The first-order valence-corrected chi connectivity index (χ1v) is 3.82. The molecule has 0 unspecified atom stereocenters. The minimum atomic E-state index is -0.667. The Morgan fingerprint density at radius 3 is 2.29 bits per heavy atom. The van der Waals surface area contributed by atoms with Crippen LogP contribution < -0.4 is 16.6 Å². The number of nitrogens with zero attached hydrogens (tertiary/aromatic N) is 1. The van der Waals surface area contributed by atoms with Crippen LogP contribution in [0.3, 0.4) is 0 Å². The molecule has 0 bridgehead atoms. The van der Waals surface area contributed by atoms with Crippen molar-refractivity contribution in [1.82, 2.24) is 5.43 Å². The molecule has 14 heavy (non-hydrogen) atoms. The van der Waals surface area contributed by atoms with Gasteiger partial charge in [0.05, 0.1) is 0 Å². The number of rotatable bonds is 1. The standard InChI is InChI=1S/C8H10F2N4/c1-12-8(14-11)13-7-3-5(9)2-6(10)4-7/h2-4H,11H2,1H3,(H2,12,13,14). The quantitative estimate of drug-likeness (QED) is 0.272. The second-order valence-corrected chi connectivity index (χ2v) is 2.50. The van der Waals surface area contributed by atoms with E-state index in [1.54, 1.807) is 0 Å². The van der Waals surface area contributed by atoms with Gasteiger partial charge in [0.15, 0.2) is 0 Å². The van der Waals surface area contributed by atoms with Gasteiger partial charge in [0.1, 0.15) is 11.6 Å². The molecule has 0 spiro atoms. The normalized spacial score (nSPS) is 11.3. The number of hydrogen-bond donors (Lipinski definition) is 3. The maximum atomic E-state index is 12.7. The Kier molecular flexibility index (Phi) is 3.35. The van der Waals surface area contributed by atoms with Crippen molar-refractivity contribution < 1.29 is 8.78 Å². The predicted molar refractivity (Wildman–Crippen MR) is 50.7 cm³/mol. The molecule has 6 heteroatoms. The van der Waals surface area contributed by atoms with Gasteiger partial charge in [-0.25, -0.2) is 14.6 Å². The Morgan fingerprint density at radius 2 is 1.86 bits per heavy atom. The molecule has 0 aromatic heterocycles. The summed E-state index contributed by atoms with van der Waals surface area (Å²) in [6, 6.07) is 3.04. The molecule has 0 aliphatic carbocycles. The van der Waals surface area contributed by atoms with Crippen molar-refractivity contribution in [2.45, 2.75) is 0 Å². The predicted octanol–water partition coefficient (Wildman–Crippen LogP) is 0.826. The first-order chi connectivity index (χ1) is 6.65. The van der Waals surface area contributed by atoms with E-state index < -0.39 is 11.6 Å². The molecule has 4 nitrogen and oxygen atoms in total. The van der Waals surface area contributed by atoms with Crippen LogP contribution in [0.2, 0.25) is 0 Å². The fourth-order valence-electron chi connectivity index (χ4n) is 0.919. The molecule has 4 N–H and O–H groups in total. The van der Waals surface area contributed by atoms with Crippen LogP contribution in [0.4, 0.5) is 14.5 Å². The number of hydrazine groups is 1. The van der Waals surface area contributed by atoms with Crippen molar-refractivity contribution in [1.29, 1.82) is 0 Å². The highest BCUT2D eigenvalue weighted by Gasteiger charge is 2.01. The molecule has 0 fully saturated rings. The van der Waals surface area contributed by atoms with E-state index in [2.05, 4.69) is 15.7 Å². The average Bonchev–Trinajstić information content (AvgIpc) is 2.12. The maximum absolute atomic E-state index is 12.7. The van der Waals surface area contributed by atoms with E-state index in [0.717, 1.165) is 18.2 Å². The Labute approximate surface area is 79.8 Å². The highest BCUT2D eigenvalue weighted by atomic mass is 19.1. The third-order valence-electron chi connectivity index (χ3n) is 1.49. The van der Waals surface area contributed by atoms with Crippen molar-refractivity contribution >= 4 is 11.6 Å². The fourth-order valence-corrected chi connectivity index (χ4v) is 0.919. The van der Waals surface area contributed by atoms with Gasteiger partial charge in [0, 0.05) is 18.8 Å². The average molecular weight is 200 g/mol. The minimum absolute atomic E-state index is 0.218. The van der Waals surface area contributed by atoms with Gasteiger partial charge in [-0.15, -0.1) is 0 Å². The Balaban J connectivity index is 2.86. The molecule has 0 heterocycles. The lowest BCUT2D eigenvalue weighted by molar-refractivity contribution is 0.584. The van der Waals surface area contributed by atoms with E-state index in [4.69, 9.17) is 5.84 Å². The van der Waals surface area contributed by atoms with Gasteiger partial charge in [-0.3, -0.25) is 10.4 Å². The summed E-state index contributed by atoms with van der Waals surface area (Å²) in [5, 5.41) is 2.59. The Hall–Kier alpha value is -1.69. The van der Waals surface area contributed by atoms with Gasteiger partial charge >= 0.3 is 0 Å². The number of anilines is 1. The first kappa shape index (κ1) is 10.4. The Bertz CT molecular complexity index is 331. The lowest BCUT2D eigenvalue weighted by Gasteiger charge is -2.07. The molecule has 1 rings (SSSR count). The summed E-state index contributed by atoms with van der Waals surface area (Å²) in [6.45, 7) is 0. The van der Waals surface area contributed by atoms with Gasteiger partial charge in [-0.05, 0) is 12.1 Å². The number of aliphatic imine (C=N–C) groups is 1. The van der Waals surface area contributed by atoms with Crippen LogP contribution in [-0.4, -0.2) is 13.0 Å². The molecule has 76 valence electrons. The summed E-state index contributed by atoms with van der Waals surface area (Å²) in [5.74, 6) is 3.96. The molecule has 0 atom stereocenters. The molecule has 0 saturated carbocycles. The molecular weight excluding hydrogens is 190 g/mol. The van der Waals surface area contributed by atoms with Crippen LogP contribution in [0.1, 0.15) is 0 Å². The van der Waals surface area contributed by atoms with E-state index in [1.807, 2.05) is 0 Å². The van der Waals surface area contributed by atoms with Crippen LogP contribution in [0.15, 0.2) is 23.2 Å². The van der Waals surface area contributed by atoms with Crippen LogP contribution in [0.5, 0.6) is 0 Å². The lowest BCUT2D eigenvalue weighted by atomic mass is 10.3. The number of benzene rings is 1. The van der Waals surface area contributed by atoms with Crippen molar-refractivity contribution in [3.8, 4) is 0 Å². The molecule has 0 aliphatic rings. The van der Waals surface area contributed by atoms with Crippen LogP contribution in [0.25, 0.3) is 0 Å². The molecule has 1 aromatic carbocycles. The van der Waals surface area contributed by atoms with E-state index in [9.17, 15) is 8.78 Å². The van der Waals surface area contributed by atoms with Gasteiger partial charge in [0.25, 0.3) is 0 Å². The van der Waals surface area contributed by atoms with Crippen LogP contribution in [0, 0.1) is 11.6 Å². The lowest BCUT2D eigenvalue weighted by Crippen LogP contribution is -2.36. The SMILES string of the molecule is CN=C(NN)Nc1cc(F)cc(F)c1. The monoisotopic (exact) mass is 200 g/mol. The zero-order valence-corrected chi connectivity index (χ0v) is 7.51. The second-order valence-electron chi connectivity index (χ2n) is 2.50. The summed E-state index contributed by atoms with van der Waals surface area (Å²) in [5.41, 5.74) is 2.47. The third-order valence-corrected chi connectivity index (χ3v) is 1.49. The topological polar surface area (TPSA) is 62.4 Å². The fraction of sp³-hybridized carbons (Fsp3) is 0.125. The highest BCUT2D eigenvalue weighted by Crippen LogP contribution is 2.12. The van der Waals surface area contributed by atoms with Gasteiger partial charge in [-0.2, -0.15) is 0 Å². The smallest absolute Gasteiger partial charge is 0.209 e. The van der Waals surface area contributed by atoms with Crippen molar-refractivity contribution in [3.63, 3.8) is 0 Å². The van der Waals surface area contributed by atoms with Gasteiger partial charge in [0.2, 0.25) is 5.96 Å². The number of halogens is 2. The Morgan fingerprint density at radius 1 is 1.29 bits per heavy atom. The minimum Gasteiger partial charge on any atom is -0.325 e. The number of nitrogens with two attached hydrogens (primary N) is 1. The molecular formula is C8H10F2N4. The summed E-state index contributed by atoms with van der Waals surface area (Å²) in [6.07, 6.45) is 0. The highest BCUT2D eigenvalue weighted by molar-refractivity contribution is 5.93. The largest absolute Gasteiger partial charge is 0.325 e. The number of guanidine groups is 1. The third kappa shape index (κ3) is 2.67. The summed E-state index contributed by atoms with van der Waals surface area (Å²) >= 11 is 0. The molecule has 0 amide bonds. The number of nitrogens with one attached hydrogen (secondary N) is 2. The van der Waals surface area contributed by atoms with Gasteiger partial charge in [-0.1, -0.05) is 0 Å². The summed E-state index contributed by atoms with van der Waals surface area (Å²) < 4.78 is 25.4. The van der Waals surface area contributed by atoms with E-state index >= 15 is 0 Å². The van der Waals surface area contributed by atoms with Crippen molar-refractivity contribution in [2.24, 2.45) is 10.8 Å². The van der Waals surface area contributed by atoms with Crippen molar-refractivity contribution in [3.05, 3.63) is 29.8 Å². The van der Waals surface area contributed by atoms with Crippen LogP contribution >= 0.6 is 0 Å². The van der Waals surface area contributed by atoms with E-state index in [0.29, 0.717) is 0 Å². The van der Waals surface area contributed by atoms with E-state index in [-0.39, 0.29) is 11.6 Å². The zero-order chi connectivity index (χ0) is 10.6. The molecule has 0 aliphatic heterocycles. The number of hydrogen-bond acceptors (Lipinski definition) is 2. The van der Waals surface area contributed by atoms with E-state index in [1.165, 1.54) is 7.05 Å². The summed E-state index contributed by atoms with van der Waals surface area (Å²) in [4.78, 5) is 3.69. The van der Waals surface area contributed by atoms with Crippen molar-refractivity contribution in [2.75, 3.05) is 12.4 Å². The molecule has 0 radical (unpaired) electrons. The maximum Gasteiger partial charge on any atom is 0.209 e. The first-order valence-electron chi connectivity index (χ1n) is 3.82. The van der Waals surface area contributed by atoms with Gasteiger partial charge < -0.3 is 5.32 Å². The zero-order valence-electron chi connectivity index (χ0n) is 7.51. The second kappa shape index (κ2) is 4.52. The van der Waals surface area contributed by atoms with Crippen LogP contribution in [-0.2, 0) is 0 Å².